The van der Waals surface area contributed by atoms with Crippen LogP contribution in [0.15, 0.2) is 35.7 Å². The van der Waals surface area contributed by atoms with Crippen LogP contribution in [0.2, 0.25) is 0 Å². The van der Waals surface area contributed by atoms with Crippen molar-refractivity contribution in [2.75, 3.05) is 19.6 Å². The Kier molecular flexibility index (Phi) is 7.75. The minimum atomic E-state index is 0.230. The molecule has 4 nitrogen and oxygen atoms in total. The molecule has 164 valence electrons. The molecule has 0 spiro atoms. The van der Waals surface area contributed by atoms with E-state index in [1.54, 1.807) is 0 Å². The van der Waals surface area contributed by atoms with Gasteiger partial charge < -0.3 is 20.9 Å². The van der Waals surface area contributed by atoms with E-state index in [9.17, 15) is 5.21 Å². The first-order chi connectivity index (χ1) is 13.8. The summed E-state index contributed by atoms with van der Waals surface area (Å²) >= 11 is 6.27. The van der Waals surface area contributed by atoms with Crippen LogP contribution < -0.4 is 10.8 Å². The van der Waals surface area contributed by atoms with E-state index in [4.69, 9.17) is 11.6 Å². The van der Waals surface area contributed by atoms with E-state index in [2.05, 4.69) is 50.1 Å². The zero-order chi connectivity index (χ0) is 21.0. The number of allylic oxidation sites excluding steroid dienone is 5. The zero-order valence-corrected chi connectivity index (χ0v) is 19.3. The lowest BCUT2D eigenvalue weighted by Gasteiger charge is -2.48. The Bertz CT molecular complexity index is 640. The molecule has 0 aromatic heterocycles. The third-order valence-corrected chi connectivity index (χ3v) is 7.47. The van der Waals surface area contributed by atoms with E-state index < -0.39 is 0 Å². The van der Waals surface area contributed by atoms with Crippen molar-refractivity contribution in [2.24, 2.45) is 23.2 Å². The first kappa shape index (κ1) is 22.7. The maximum atomic E-state index is 11.0. The first-order valence-corrected chi connectivity index (χ1v) is 11.8. The maximum Gasteiger partial charge on any atom is 0.0516 e. The molecule has 1 fully saturated rings. The highest BCUT2D eigenvalue weighted by atomic mass is 35.5. The molecule has 0 radical (unpaired) electrons. The summed E-state index contributed by atoms with van der Waals surface area (Å²) in [5.74, 6) is 1.95. The minimum Gasteiger partial charge on any atom is -0.761 e. The highest BCUT2D eigenvalue weighted by Gasteiger charge is 2.40. The molecule has 0 aromatic rings. The van der Waals surface area contributed by atoms with Crippen molar-refractivity contribution >= 4 is 11.6 Å². The first-order valence-electron chi connectivity index (χ1n) is 11.4. The van der Waals surface area contributed by atoms with Gasteiger partial charge >= 0.3 is 0 Å². The molecule has 1 heterocycles. The van der Waals surface area contributed by atoms with Gasteiger partial charge in [0.15, 0.2) is 0 Å². The molecule has 29 heavy (non-hydrogen) atoms. The average molecular weight is 421 g/mol. The number of alkyl halides is 1. The normalized spacial score (nSPS) is 31.2. The second-order valence-electron chi connectivity index (χ2n) is 10.2. The van der Waals surface area contributed by atoms with Gasteiger partial charge in [0, 0.05) is 30.5 Å². The predicted octanol–water partition coefficient (Wildman–Crippen LogP) is 5.17. The lowest BCUT2D eigenvalue weighted by molar-refractivity contribution is 0.0226. The summed E-state index contributed by atoms with van der Waals surface area (Å²) in [5.41, 5.74) is 4.21. The Morgan fingerprint density at radius 3 is 2.66 bits per heavy atom. The molecule has 2 N–H and O–H groups in total. The highest BCUT2D eigenvalue weighted by molar-refractivity contribution is 6.21. The molecule has 2 aliphatic carbocycles. The summed E-state index contributed by atoms with van der Waals surface area (Å²) < 4.78 is 0. The van der Waals surface area contributed by atoms with Gasteiger partial charge in [-0.3, -0.25) is 0 Å². The Morgan fingerprint density at radius 1 is 1.24 bits per heavy atom. The molecule has 1 aliphatic heterocycles. The number of piperidine rings is 1. The molecule has 2 unspecified atom stereocenters. The standard InChI is InChI=1S/C24H39ClN3O/c1-17(2)23(26-20-6-5-7-21(14-20)27-29)15-28-13-12-22(24(3,4)16-28)18-8-10-19(25)11-9-18/h7-8,10,14,17-19,22-23,26-27H,5-6,9,11-13,15-16H2,1-4H3/q-1/t18?,19?,22-,23+/m1/s1. The van der Waals surface area contributed by atoms with Gasteiger partial charge in [-0.2, -0.15) is 0 Å². The van der Waals surface area contributed by atoms with Crippen LogP contribution in [0.1, 0.15) is 59.8 Å². The summed E-state index contributed by atoms with van der Waals surface area (Å²) in [6, 6.07) is 0.395. The van der Waals surface area contributed by atoms with E-state index in [0.29, 0.717) is 29.0 Å². The van der Waals surface area contributed by atoms with Crippen LogP contribution in [0.3, 0.4) is 0 Å². The van der Waals surface area contributed by atoms with Gasteiger partial charge in [-0.1, -0.05) is 45.9 Å². The fourth-order valence-electron chi connectivity index (χ4n) is 5.40. The average Bonchev–Trinajstić information content (AvgIpc) is 2.68. The fourth-order valence-corrected chi connectivity index (χ4v) is 5.61. The lowest BCUT2D eigenvalue weighted by Crippen LogP contribution is -2.52. The van der Waals surface area contributed by atoms with Crippen molar-refractivity contribution < 1.29 is 0 Å². The summed E-state index contributed by atoms with van der Waals surface area (Å²) in [7, 11) is 0. The minimum absolute atomic E-state index is 0.230. The number of hydroxylamine groups is 1. The van der Waals surface area contributed by atoms with E-state index in [-0.39, 0.29) is 5.38 Å². The van der Waals surface area contributed by atoms with Gasteiger partial charge in [0.2, 0.25) is 0 Å². The van der Waals surface area contributed by atoms with Crippen LogP contribution in [-0.2, 0) is 0 Å². The van der Waals surface area contributed by atoms with Gasteiger partial charge in [-0.25, -0.2) is 0 Å². The molecule has 3 aliphatic rings. The van der Waals surface area contributed by atoms with E-state index >= 15 is 0 Å². The summed E-state index contributed by atoms with van der Waals surface area (Å²) in [4.78, 5) is 2.65. The molecule has 5 heteroatoms. The van der Waals surface area contributed by atoms with Gasteiger partial charge in [0.1, 0.15) is 0 Å². The summed E-state index contributed by atoms with van der Waals surface area (Å²) in [6.07, 6.45) is 14.1. The number of hydrogen-bond donors (Lipinski definition) is 2. The smallest absolute Gasteiger partial charge is 0.0516 e. The zero-order valence-electron chi connectivity index (χ0n) is 18.6. The molecule has 3 rings (SSSR count). The lowest BCUT2D eigenvalue weighted by atomic mass is 9.65. The van der Waals surface area contributed by atoms with Crippen LogP contribution in [0, 0.1) is 28.4 Å². The Morgan fingerprint density at radius 2 is 2.03 bits per heavy atom. The number of likely N-dealkylation sites (tertiary alicyclic amines) is 1. The second-order valence-corrected chi connectivity index (χ2v) is 10.8. The molecule has 0 aromatic carbocycles. The molecule has 4 atom stereocenters. The van der Waals surface area contributed by atoms with Crippen LogP contribution in [-0.4, -0.2) is 36.0 Å². The molecule has 0 amide bonds. The van der Waals surface area contributed by atoms with E-state index in [1.807, 2.05) is 17.6 Å². The van der Waals surface area contributed by atoms with Crippen molar-refractivity contribution in [3.8, 4) is 0 Å². The van der Waals surface area contributed by atoms with E-state index in [0.717, 1.165) is 38.3 Å². The van der Waals surface area contributed by atoms with Crippen molar-refractivity contribution in [1.82, 2.24) is 15.7 Å². The monoisotopic (exact) mass is 420 g/mol. The third-order valence-electron chi connectivity index (χ3n) is 7.11. The SMILES string of the molecule is CC(C)[C@H](CN1CC[C@H](C2C=CC(Cl)CC2)C(C)(C)C1)NC1=CC(N[O-])=CCC1. The van der Waals surface area contributed by atoms with Crippen LogP contribution in [0.4, 0.5) is 0 Å². The number of nitrogens with one attached hydrogen (secondary N) is 2. The quantitative estimate of drug-likeness (QED) is 0.339. The van der Waals surface area contributed by atoms with Crippen LogP contribution in [0.25, 0.3) is 0 Å². The molecule has 0 bridgehead atoms. The molecule has 1 saturated heterocycles. The van der Waals surface area contributed by atoms with Gasteiger partial charge in [0.25, 0.3) is 0 Å². The van der Waals surface area contributed by atoms with Gasteiger partial charge in [-0.15, -0.1) is 11.6 Å². The number of hydrogen-bond acceptors (Lipinski definition) is 4. The number of halogens is 1. The summed E-state index contributed by atoms with van der Waals surface area (Å²) in [5, 5.41) is 15.0. The van der Waals surface area contributed by atoms with Crippen molar-refractivity contribution in [1.29, 1.82) is 0 Å². The Labute approximate surface area is 182 Å². The number of rotatable bonds is 7. The number of nitrogens with zero attached hydrogens (tertiary/aromatic N) is 1. The Hall–Kier alpha value is -0.970. The summed E-state index contributed by atoms with van der Waals surface area (Å²) in [6.45, 7) is 12.8. The van der Waals surface area contributed by atoms with Crippen LogP contribution in [0.5, 0.6) is 0 Å². The largest absolute Gasteiger partial charge is 0.761 e. The van der Waals surface area contributed by atoms with E-state index in [1.165, 1.54) is 25.1 Å². The van der Waals surface area contributed by atoms with Gasteiger partial charge in [-0.05, 0) is 67.9 Å². The third kappa shape index (κ3) is 6.02. The Balaban J connectivity index is 1.60. The van der Waals surface area contributed by atoms with Crippen molar-refractivity contribution in [3.63, 3.8) is 0 Å². The molecular formula is C24H39ClN3O-. The maximum absolute atomic E-state index is 11.0. The molecule has 0 saturated carbocycles. The fraction of sp³-hybridized carbons (Fsp3) is 0.750. The van der Waals surface area contributed by atoms with Crippen LogP contribution >= 0.6 is 11.6 Å². The van der Waals surface area contributed by atoms with Gasteiger partial charge in [0.05, 0.1) is 5.38 Å². The van der Waals surface area contributed by atoms with Crippen molar-refractivity contribution in [2.45, 2.75) is 71.2 Å². The highest BCUT2D eigenvalue weighted by Crippen LogP contribution is 2.43. The topological polar surface area (TPSA) is 50.4 Å². The predicted molar refractivity (Wildman–Crippen MR) is 123 cm³/mol. The molecular weight excluding hydrogens is 382 g/mol. The second kappa shape index (κ2) is 9.89. The van der Waals surface area contributed by atoms with Crippen molar-refractivity contribution in [3.05, 3.63) is 40.9 Å².